The summed E-state index contributed by atoms with van der Waals surface area (Å²) in [6.07, 6.45) is 0. The predicted molar refractivity (Wildman–Crippen MR) is 276 cm³/mol. The van der Waals surface area contributed by atoms with Gasteiger partial charge in [-0.1, -0.05) is 216 Å². The second-order valence-corrected chi connectivity index (χ2v) is 18.9. The van der Waals surface area contributed by atoms with E-state index in [1.807, 2.05) is 0 Å². The minimum absolute atomic E-state index is 0.0402. The van der Waals surface area contributed by atoms with Crippen molar-refractivity contribution in [3.05, 3.63) is 247 Å². The first-order valence-electron chi connectivity index (χ1n) is 22.9. The van der Waals surface area contributed by atoms with Crippen LogP contribution in [-0.4, -0.2) is 0 Å². The van der Waals surface area contributed by atoms with Crippen LogP contribution in [0, 0.1) is 0 Å². The fourth-order valence-corrected chi connectivity index (χ4v) is 11.3. The molecule has 1 nitrogen and oxygen atoms in total. The van der Waals surface area contributed by atoms with Gasteiger partial charge >= 0.3 is 0 Å². The zero-order valence-electron chi connectivity index (χ0n) is 37.3. The van der Waals surface area contributed by atoms with Gasteiger partial charge in [-0.25, -0.2) is 0 Å². The average Bonchev–Trinajstić information content (AvgIpc) is 3.74. The maximum atomic E-state index is 2.47. The van der Waals surface area contributed by atoms with Crippen molar-refractivity contribution in [2.75, 3.05) is 4.90 Å². The van der Waals surface area contributed by atoms with Crippen LogP contribution in [0.15, 0.2) is 224 Å². The van der Waals surface area contributed by atoms with E-state index in [4.69, 9.17) is 0 Å². The lowest BCUT2D eigenvalue weighted by Gasteiger charge is -2.29. The summed E-state index contributed by atoms with van der Waals surface area (Å²) in [6, 6.07) is 83.3. The van der Waals surface area contributed by atoms with E-state index in [1.54, 1.807) is 0 Å². The molecule has 0 aliphatic heterocycles. The molecule has 0 saturated carbocycles. The number of benzene rings is 10. The normalized spacial score (nSPS) is 13.8. The monoisotopic (exact) mass is 831 g/mol. The van der Waals surface area contributed by atoms with Crippen molar-refractivity contribution in [3.8, 4) is 66.8 Å². The van der Waals surface area contributed by atoms with Crippen LogP contribution in [0.3, 0.4) is 0 Å². The fourth-order valence-electron chi connectivity index (χ4n) is 11.3. The molecule has 2 aliphatic carbocycles. The summed E-state index contributed by atoms with van der Waals surface area (Å²) in [7, 11) is 0. The quantitative estimate of drug-likeness (QED) is 0.155. The van der Waals surface area contributed by atoms with Gasteiger partial charge in [0.05, 0.1) is 5.69 Å². The highest BCUT2D eigenvalue weighted by Crippen LogP contribution is 2.54. The van der Waals surface area contributed by atoms with Gasteiger partial charge in [0.15, 0.2) is 0 Å². The van der Waals surface area contributed by atoms with Crippen LogP contribution < -0.4 is 4.90 Å². The van der Waals surface area contributed by atoms with E-state index in [2.05, 4.69) is 257 Å². The zero-order valence-corrected chi connectivity index (χ0v) is 37.3. The molecule has 0 amide bonds. The van der Waals surface area contributed by atoms with Crippen LogP contribution in [0.2, 0.25) is 0 Å². The molecule has 2 aliphatic rings. The van der Waals surface area contributed by atoms with Crippen LogP contribution in [0.25, 0.3) is 77.5 Å². The van der Waals surface area contributed by atoms with Gasteiger partial charge in [-0.05, 0) is 131 Å². The van der Waals surface area contributed by atoms with Gasteiger partial charge in [-0.2, -0.15) is 0 Å². The molecule has 10 aromatic carbocycles. The van der Waals surface area contributed by atoms with Crippen molar-refractivity contribution < 1.29 is 0 Å². The Balaban J connectivity index is 1.04. The van der Waals surface area contributed by atoms with E-state index < -0.39 is 0 Å². The summed E-state index contributed by atoms with van der Waals surface area (Å²) >= 11 is 0. The Morgan fingerprint density at radius 3 is 1.54 bits per heavy atom. The second-order valence-electron chi connectivity index (χ2n) is 18.9. The second kappa shape index (κ2) is 14.9. The molecule has 10 aromatic rings. The number of fused-ring (bicyclic) bond motifs is 7. The minimum atomic E-state index is -0.103. The van der Waals surface area contributed by atoms with Gasteiger partial charge in [0.25, 0.3) is 0 Å². The number of rotatable bonds is 7. The van der Waals surface area contributed by atoms with Crippen molar-refractivity contribution in [1.82, 2.24) is 0 Å². The predicted octanol–water partition coefficient (Wildman–Crippen LogP) is 17.6. The van der Waals surface area contributed by atoms with Gasteiger partial charge in [0.2, 0.25) is 0 Å². The largest absolute Gasteiger partial charge is 0.310 e. The van der Waals surface area contributed by atoms with Crippen LogP contribution in [0.4, 0.5) is 17.1 Å². The van der Waals surface area contributed by atoms with Crippen LogP contribution >= 0.6 is 0 Å². The van der Waals surface area contributed by atoms with Crippen molar-refractivity contribution in [2.45, 2.75) is 38.5 Å². The van der Waals surface area contributed by atoms with Gasteiger partial charge in [0.1, 0.15) is 0 Å². The van der Waals surface area contributed by atoms with E-state index in [0.717, 1.165) is 17.1 Å². The Morgan fingerprint density at radius 1 is 0.292 bits per heavy atom. The third kappa shape index (κ3) is 6.14. The van der Waals surface area contributed by atoms with E-state index in [-0.39, 0.29) is 10.8 Å². The molecule has 0 atom stereocenters. The van der Waals surface area contributed by atoms with Gasteiger partial charge in [-0.15, -0.1) is 0 Å². The lowest BCUT2D eigenvalue weighted by Crippen LogP contribution is -2.15. The lowest BCUT2D eigenvalue weighted by molar-refractivity contribution is 0.660. The molecule has 0 heterocycles. The number of hydrogen-bond acceptors (Lipinski definition) is 1. The molecule has 0 radical (unpaired) electrons. The van der Waals surface area contributed by atoms with E-state index in [1.165, 1.54) is 99.8 Å². The highest BCUT2D eigenvalue weighted by molar-refractivity contribution is 6.07. The number of anilines is 3. The van der Waals surface area contributed by atoms with Crippen LogP contribution in [0.5, 0.6) is 0 Å². The molecule has 0 unspecified atom stereocenters. The Hall–Kier alpha value is -7.74. The van der Waals surface area contributed by atoms with Gasteiger partial charge < -0.3 is 4.90 Å². The van der Waals surface area contributed by atoms with Crippen molar-refractivity contribution in [2.24, 2.45) is 0 Å². The first-order chi connectivity index (χ1) is 31.8. The molecule has 0 aromatic heterocycles. The topological polar surface area (TPSA) is 3.24 Å². The molecule has 65 heavy (non-hydrogen) atoms. The van der Waals surface area contributed by atoms with E-state index in [9.17, 15) is 0 Å². The Bertz CT molecular complexity index is 3470. The molecular formula is C64H49N. The Morgan fingerprint density at radius 2 is 0.785 bits per heavy atom. The average molecular weight is 832 g/mol. The molecule has 0 saturated heterocycles. The van der Waals surface area contributed by atoms with Crippen LogP contribution in [-0.2, 0) is 10.8 Å². The smallest absolute Gasteiger partial charge is 0.0540 e. The van der Waals surface area contributed by atoms with E-state index in [0.29, 0.717) is 0 Å². The number of hydrogen-bond donors (Lipinski definition) is 0. The molecule has 0 spiro atoms. The van der Waals surface area contributed by atoms with Gasteiger partial charge in [0, 0.05) is 27.8 Å². The Labute approximate surface area is 383 Å². The van der Waals surface area contributed by atoms with Crippen molar-refractivity contribution >= 4 is 27.8 Å². The summed E-state index contributed by atoms with van der Waals surface area (Å²) in [6.45, 7) is 9.43. The highest BCUT2D eigenvalue weighted by Gasteiger charge is 2.38. The molecule has 12 rings (SSSR count). The number of para-hydroxylation sites is 1. The third-order valence-electron chi connectivity index (χ3n) is 14.5. The summed E-state index contributed by atoms with van der Waals surface area (Å²) in [4.78, 5) is 2.47. The maximum absolute atomic E-state index is 2.47. The molecule has 1 heteroatoms. The molecule has 310 valence electrons. The van der Waals surface area contributed by atoms with Crippen molar-refractivity contribution in [3.63, 3.8) is 0 Å². The zero-order chi connectivity index (χ0) is 43.9. The first kappa shape index (κ1) is 38.9. The third-order valence-corrected chi connectivity index (χ3v) is 14.5. The molecule has 0 N–H and O–H groups in total. The van der Waals surface area contributed by atoms with Crippen LogP contribution in [0.1, 0.15) is 49.9 Å². The molecule has 0 bridgehead atoms. The number of nitrogens with zero attached hydrogens (tertiary/aromatic N) is 1. The van der Waals surface area contributed by atoms with Crippen molar-refractivity contribution in [1.29, 1.82) is 0 Å². The minimum Gasteiger partial charge on any atom is -0.310 e. The molecular weight excluding hydrogens is 783 g/mol. The lowest BCUT2D eigenvalue weighted by atomic mass is 9.82. The maximum Gasteiger partial charge on any atom is 0.0540 e. The summed E-state index contributed by atoms with van der Waals surface area (Å²) in [5.74, 6) is 0. The summed E-state index contributed by atoms with van der Waals surface area (Å²) in [5, 5.41) is 2.50. The summed E-state index contributed by atoms with van der Waals surface area (Å²) in [5.41, 5.74) is 23.8. The molecule has 0 fully saturated rings. The highest BCUT2D eigenvalue weighted by atomic mass is 15.1. The van der Waals surface area contributed by atoms with E-state index >= 15 is 0 Å². The SMILES string of the molecule is CC1(C)c2ccccc2-c2cc(-c3cccc(N(c4ccc(-c5cccc6cccc(-c7ccccc7)c56)cc4)c4ccccc4-c4cccc5c4-c4ccccc4C5(C)C)c3)ccc21. The standard InChI is InChI=1S/C64H49N/c1-63(2)56-30-11-8-24-51(56)55-41-46(36-39-58(55)63)45-22-14-23-48(40-45)65(60-33-13-10-25-52(60)53-29-17-32-59-62(53)54-26-9-12-31-57(54)64(59,3)4)47-37-34-43(35-38-47)50-28-16-21-44-20-15-27-49(61(44)50)42-18-6-5-7-19-42/h5-41H,1-4H3. The summed E-state index contributed by atoms with van der Waals surface area (Å²) < 4.78 is 0. The van der Waals surface area contributed by atoms with Gasteiger partial charge in [-0.3, -0.25) is 0 Å². The first-order valence-corrected chi connectivity index (χ1v) is 22.9. The Kier molecular flexibility index (Phi) is 8.94. The fraction of sp³-hybridized carbons (Fsp3) is 0.0938.